The number of hydrogen-bond donors (Lipinski definition) is 1. The van der Waals surface area contributed by atoms with Crippen molar-refractivity contribution in [2.75, 3.05) is 19.0 Å². The van der Waals surface area contributed by atoms with Crippen molar-refractivity contribution in [3.8, 4) is 11.4 Å². The highest BCUT2D eigenvalue weighted by Gasteiger charge is 2.23. The number of anilines is 1. The maximum atomic E-state index is 13.4. The number of rotatable bonds is 6. The van der Waals surface area contributed by atoms with E-state index in [2.05, 4.69) is 10.4 Å². The van der Waals surface area contributed by atoms with Crippen molar-refractivity contribution >= 4 is 50.3 Å². The van der Waals surface area contributed by atoms with Gasteiger partial charge in [0.2, 0.25) is 0 Å². The van der Waals surface area contributed by atoms with Crippen LogP contribution in [0.5, 0.6) is 5.75 Å². The van der Waals surface area contributed by atoms with Gasteiger partial charge in [-0.15, -0.1) is 22.7 Å². The topological polar surface area (TPSA) is 99.5 Å². The molecule has 0 fully saturated rings. The standard InChI is InChI=1S/C22H19N3O5S2/c1-4-30-22(28)18-15-11-32-20(23-19(26)16-8-12(2)10-31-16)17(15)21(27)25(24-18)13-6-5-7-14(9-13)29-3/h5-11H,4H2,1-3H3,(H,23,26). The number of nitrogens with zero attached hydrogens (tertiary/aromatic N) is 2. The first-order chi connectivity index (χ1) is 15.4. The summed E-state index contributed by atoms with van der Waals surface area (Å²) in [6, 6.07) is 8.53. The zero-order valence-electron chi connectivity index (χ0n) is 17.5. The van der Waals surface area contributed by atoms with Gasteiger partial charge in [-0.05, 0) is 43.0 Å². The Kier molecular flexibility index (Phi) is 6.06. The van der Waals surface area contributed by atoms with Crippen LogP contribution in [0.25, 0.3) is 16.5 Å². The van der Waals surface area contributed by atoms with Crippen molar-refractivity contribution in [3.63, 3.8) is 0 Å². The molecule has 3 aromatic heterocycles. The summed E-state index contributed by atoms with van der Waals surface area (Å²) in [7, 11) is 1.52. The van der Waals surface area contributed by atoms with Gasteiger partial charge in [0.15, 0.2) is 5.69 Å². The lowest BCUT2D eigenvalue weighted by Crippen LogP contribution is -2.25. The van der Waals surface area contributed by atoms with E-state index >= 15 is 0 Å². The molecule has 8 nitrogen and oxygen atoms in total. The molecule has 0 saturated carbocycles. The van der Waals surface area contributed by atoms with Crippen molar-refractivity contribution in [3.05, 3.63) is 67.6 Å². The molecule has 1 aromatic carbocycles. The van der Waals surface area contributed by atoms with Gasteiger partial charge in [0.25, 0.3) is 11.5 Å². The fourth-order valence-corrected chi connectivity index (χ4v) is 4.85. The lowest BCUT2D eigenvalue weighted by atomic mass is 10.2. The smallest absolute Gasteiger partial charge is 0.359 e. The minimum absolute atomic E-state index is 0.00649. The Morgan fingerprint density at radius 1 is 1.19 bits per heavy atom. The van der Waals surface area contributed by atoms with Gasteiger partial charge in [0.05, 0.1) is 29.7 Å². The zero-order valence-corrected chi connectivity index (χ0v) is 19.1. The summed E-state index contributed by atoms with van der Waals surface area (Å²) < 4.78 is 11.5. The van der Waals surface area contributed by atoms with Crippen molar-refractivity contribution in [2.45, 2.75) is 13.8 Å². The summed E-state index contributed by atoms with van der Waals surface area (Å²) in [6.45, 7) is 3.75. The summed E-state index contributed by atoms with van der Waals surface area (Å²) in [4.78, 5) is 39.3. The lowest BCUT2D eigenvalue weighted by Gasteiger charge is -2.10. The monoisotopic (exact) mass is 469 g/mol. The summed E-state index contributed by atoms with van der Waals surface area (Å²) in [5.41, 5.74) is 0.915. The summed E-state index contributed by atoms with van der Waals surface area (Å²) in [5.74, 6) is -0.451. The number of aryl methyl sites for hydroxylation is 1. The Labute approximate surface area is 191 Å². The van der Waals surface area contributed by atoms with Crippen LogP contribution >= 0.6 is 22.7 Å². The van der Waals surface area contributed by atoms with Crippen LogP contribution in [0, 0.1) is 6.92 Å². The normalized spacial score (nSPS) is 10.8. The number of amides is 1. The number of esters is 1. The number of methoxy groups -OCH3 is 1. The maximum absolute atomic E-state index is 13.4. The van der Waals surface area contributed by atoms with E-state index in [1.54, 1.807) is 42.6 Å². The first-order valence-electron chi connectivity index (χ1n) is 9.65. The number of aromatic nitrogens is 2. The average molecular weight is 470 g/mol. The summed E-state index contributed by atoms with van der Waals surface area (Å²) in [5, 5.41) is 11.5. The molecule has 0 atom stereocenters. The van der Waals surface area contributed by atoms with Crippen LogP contribution in [-0.4, -0.2) is 35.4 Å². The van der Waals surface area contributed by atoms with E-state index in [9.17, 15) is 14.4 Å². The molecule has 0 radical (unpaired) electrons. The minimum atomic E-state index is -0.654. The van der Waals surface area contributed by atoms with E-state index in [0.29, 0.717) is 26.7 Å². The van der Waals surface area contributed by atoms with Crippen LogP contribution in [0.15, 0.2) is 45.9 Å². The third-order valence-corrected chi connectivity index (χ3v) is 6.54. The first-order valence-corrected chi connectivity index (χ1v) is 11.4. The van der Waals surface area contributed by atoms with E-state index in [1.165, 1.54) is 18.4 Å². The Morgan fingerprint density at radius 3 is 2.69 bits per heavy atom. The molecular weight excluding hydrogens is 450 g/mol. The molecule has 0 aliphatic carbocycles. The van der Waals surface area contributed by atoms with Gasteiger partial charge >= 0.3 is 5.97 Å². The highest BCUT2D eigenvalue weighted by Crippen LogP contribution is 2.31. The van der Waals surface area contributed by atoms with Gasteiger partial charge in [0, 0.05) is 16.8 Å². The number of hydrogen-bond acceptors (Lipinski definition) is 8. The molecule has 0 aliphatic heterocycles. The van der Waals surface area contributed by atoms with E-state index in [-0.39, 0.29) is 23.6 Å². The molecule has 164 valence electrons. The molecule has 4 aromatic rings. The molecule has 1 amide bonds. The highest BCUT2D eigenvalue weighted by molar-refractivity contribution is 7.16. The molecule has 0 bridgehead atoms. The fourth-order valence-electron chi connectivity index (χ4n) is 3.12. The van der Waals surface area contributed by atoms with Crippen molar-refractivity contribution in [2.24, 2.45) is 0 Å². The number of thiophene rings is 2. The molecule has 0 spiro atoms. The van der Waals surface area contributed by atoms with Gasteiger partial charge in [-0.25, -0.2) is 4.79 Å². The Morgan fingerprint density at radius 2 is 2.00 bits per heavy atom. The Hall–Kier alpha value is -3.50. The van der Waals surface area contributed by atoms with Gasteiger partial charge in [-0.2, -0.15) is 9.78 Å². The van der Waals surface area contributed by atoms with Crippen LogP contribution < -0.4 is 15.6 Å². The largest absolute Gasteiger partial charge is 0.497 e. The molecule has 4 rings (SSSR count). The third kappa shape index (κ3) is 4.02. The number of fused-ring (bicyclic) bond motifs is 1. The van der Waals surface area contributed by atoms with Gasteiger partial charge < -0.3 is 14.8 Å². The number of carbonyl (C=O) groups is 2. The van der Waals surface area contributed by atoms with Gasteiger partial charge in [-0.1, -0.05) is 6.07 Å². The van der Waals surface area contributed by atoms with Crippen LogP contribution in [0.4, 0.5) is 5.00 Å². The second-order valence-corrected chi connectivity index (χ2v) is 8.57. The molecular formula is C22H19N3O5S2. The quantitative estimate of drug-likeness (QED) is 0.424. The minimum Gasteiger partial charge on any atom is -0.497 e. The fraction of sp³-hybridized carbons (Fsp3) is 0.182. The maximum Gasteiger partial charge on any atom is 0.359 e. The molecule has 32 heavy (non-hydrogen) atoms. The zero-order chi connectivity index (χ0) is 22.8. The van der Waals surface area contributed by atoms with E-state index in [1.807, 2.05) is 12.3 Å². The average Bonchev–Trinajstić information content (AvgIpc) is 3.41. The van der Waals surface area contributed by atoms with E-state index in [0.717, 1.165) is 21.6 Å². The number of benzene rings is 1. The Balaban J connectivity index is 1.90. The Bertz CT molecular complexity index is 1390. The second-order valence-electron chi connectivity index (χ2n) is 6.78. The summed E-state index contributed by atoms with van der Waals surface area (Å²) in [6.07, 6.45) is 0. The van der Waals surface area contributed by atoms with Crippen molar-refractivity contribution in [1.82, 2.24) is 9.78 Å². The second kappa shape index (κ2) is 8.93. The molecule has 3 heterocycles. The molecule has 1 N–H and O–H groups in total. The van der Waals surface area contributed by atoms with Crippen LogP contribution in [0.1, 0.15) is 32.6 Å². The van der Waals surface area contributed by atoms with E-state index < -0.39 is 11.5 Å². The third-order valence-electron chi connectivity index (χ3n) is 4.60. The number of nitrogens with one attached hydrogen (secondary N) is 1. The molecule has 0 unspecified atom stereocenters. The predicted octanol–water partition coefficient (Wildman–Crippen LogP) is 4.25. The highest BCUT2D eigenvalue weighted by atomic mass is 32.1. The van der Waals surface area contributed by atoms with Crippen molar-refractivity contribution in [1.29, 1.82) is 0 Å². The SMILES string of the molecule is CCOC(=O)c1nn(-c2cccc(OC)c2)c(=O)c2c(NC(=O)c3cc(C)cs3)scc12. The van der Waals surface area contributed by atoms with Crippen LogP contribution in [0.2, 0.25) is 0 Å². The lowest BCUT2D eigenvalue weighted by molar-refractivity contribution is 0.0520. The number of ether oxygens (including phenoxy) is 2. The van der Waals surface area contributed by atoms with Gasteiger partial charge in [-0.3, -0.25) is 9.59 Å². The van der Waals surface area contributed by atoms with Crippen LogP contribution in [-0.2, 0) is 4.74 Å². The molecule has 0 aliphatic rings. The number of carbonyl (C=O) groups excluding carboxylic acids is 2. The van der Waals surface area contributed by atoms with Crippen LogP contribution in [0.3, 0.4) is 0 Å². The van der Waals surface area contributed by atoms with Gasteiger partial charge in [0.1, 0.15) is 10.8 Å². The van der Waals surface area contributed by atoms with Crippen molar-refractivity contribution < 1.29 is 19.1 Å². The molecule has 10 heteroatoms. The first kappa shape index (κ1) is 21.7. The molecule has 0 saturated heterocycles. The summed E-state index contributed by atoms with van der Waals surface area (Å²) >= 11 is 2.47. The predicted molar refractivity (Wildman–Crippen MR) is 125 cm³/mol. The van der Waals surface area contributed by atoms with E-state index in [4.69, 9.17) is 9.47 Å².